The SMILES string of the molecule is CC(C)n1nc(-c2noc(C3CC3)c2-c2ccc(C3CC4CCC(C3)N4C(=O)OC(C)(C)C)cn2)c2c(N)ncnc21. The minimum Gasteiger partial charge on any atom is -0.444 e. The third kappa shape index (κ3) is 4.59. The molecule has 2 atom stereocenters. The number of carbonyl (C=O) groups is 1. The second kappa shape index (κ2) is 9.78. The number of fused-ring (bicyclic) bond motifs is 3. The van der Waals surface area contributed by atoms with Gasteiger partial charge in [-0.1, -0.05) is 11.2 Å². The van der Waals surface area contributed by atoms with Gasteiger partial charge in [-0.15, -0.1) is 0 Å². The number of rotatable bonds is 5. The van der Waals surface area contributed by atoms with Crippen LogP contribution < -0.4 is 5.73 Å². The van der Waals surface area contributed by atoms with Crippen molar-refractivity contribution >= 4 is 22.9 Å². The van der Waals surface area contributed by atoms with Gasteiger partial charge in [0.15, 0.2) is 5.65 Å². The van der Waals surface area contributed by atoms with Crippen LogP contribution in [0.5, 0.6) is 0 Å². The Morgan fingerprint density at radius 1 is 1.02 bits per heavy atom. The molecule has 220 valence electrons. The van der Waals surface area contributed by atoms with E-state index in [4.69, 9.17) is 25.1 Å². The molecule has 7 rings (SSSR count). The van der Waals surface area contributed by atoms with Gasteiger partial charge in [-0.05, 0) is 90.7 Å². The molecule has 2 bridgehead atoms. The van der Waals surface area contributed by atoms with Crippen LogP contribution in [-0.2, 0) is 4.74 Å². The van der Waals surface area contributed by atoms with Crippen molar-refractivity contribution in [1.82, 2.24) is 34.8 Å². The van der Waals surface area contributed by atoms with Crippen LogP contribution in [0, 0.1) is 0 Å². The molecule has 11 heteroatoms. The van der Waals surface area contributed by atoms with Gasteiger partial charge in [-0.2, -0.15) is 5.10 Å². The summed E-state index contributed by atoms with van der Waals surface area (Å²) in [5, 5.41) is 10.1. The lowest BCUT2D eigenvalue weighted by molar-refractivity contribution is 0.00583. The number of pyridine rings is 1. The largest absolute Gasteiger partial charge is 0.444 e. The number of aromatic nitrogens is 6. The van der Waals surface area contributed by atoms with Crippen molar-refractivity contribution in [1.29, 1.82) is 0 Å². The molecular weight excluding hydrogens is 532 g/mol. The molecule has 0 spiro atoms. The molecule has 1 aliphatic carbocycles. The maximum absolute atomic E-state index is 12.9. The van der Waals surface area contributed by atoms with E-state index in [0.29, 0.717) is 40.1 Å². The van der Waals surface area contributed by atoms with Crippen molar-refractivity contribution in [2.45, 2.75) is 109 Å². The highest BCUT2D eigenvalue weighted by Crippen LogP contribution is 2.49. The van der Waals surface area contributed by atoms with Gasteiger partial charge in [-0.3, -0.25) is 4.98 Å². The second-order valence-corrected chi connectivity index (χ2v) is 13.3. The van der Waals surface area contributed by atoms with Crippen molar-refractivity contribution < 1.29 is 14.1 Å². The molecule has 3 fully saturated rings. The molecule has 0 aromatic carbocycles. The number of nitrogen functional groups attached to an aromatic ring is 1. The summed E-state index contributed by atoms with van der Waals surface area (Å²) in [6, 6.07) is 4.72. The van der Waals surface area contributed by atoms with Crippen molar-refractivity contribution in [2.24, 2.45) is 0 Å². The average Bonchev–Trinajstić information content (AvgIpc) is 3.46. The number of hydrogen-bond acceptors (Lipinski definition) is 9. The first-order valence-electron chi connectivity index (χ1n) is 15.0. The Labute approximate surface area is 244 Å². The van der Waals surface area contributed by atoms with Crippen LogP contribution in [0.4, 0.5) is 10.6 Å². The summed E-state index contributed by atoms with van der Waals surface area (Å²) < 4.78 is 13.5. The predicted octanol–water partition coefficient (Wildman–Crippen LogP) is 6.23. The Morgan fingerprint density at radius 2 is 1.76 bits per heavy atom. The number of ether oxygens (including phenoxy) is 1. The van der Waals surface area contributed by atoms with Crippen LogP contribution in [0.25, 0.3) is 33.7 Å². The van der Waals surface area contributed by atoms with Gasteiger partial charge in [0.25, 0.3) is 0 Å². The fraction of sp³-hybridized carbons (Fsp3) is 0.548. The van der Waals surface area contributed by atoms with Crippen molar-refractivity contribution in [2.75, 3.05) is 5.73 Å². The predicted molar refractivity (Wildman–Crippen MR) is 158 cm³/mol. The normalized spacial score (nSPS) is 22.3. The Morgan fingerprint density at radius 3 is 2.38 bits per heavy atom. The Kier molecular flexibility index (Phi) is 6.25. The maximum Gasteiger partial charge on any atom is 0.410 e. The molecule has 2 N–H and O–H groups in total. The van der Waals surface area contributed by atoms with Crippen LogP contribution in [-0.4, -0.2) is 58.6 Å². The van der Waals surface area contributed by atoms with E-state index < -0.39 is 5.60 Å². The summed E-state index contributed by atoms with van der Waals surface area (Å²) in [5.74, 6) is 1.87. The van der Waals surface area contributed by atoms with Gasteiger partial charge in [0.1, 0.15) is 34.9 Å². The minimum absolute atomic E-state index is 0.0724. The van der Waals surface area contributed by atoms with Crippen LogP contribution >= 0.6 is 0 Å². The number of amides is 1. The zero-order valence-corrected chi connectivity index (χ0v) is 24.9. The highest BCUT2D eigenvalue weighted by molar-refractivity contribution is 6.00. The molecular formula is C31H38N8O3. The third-order valence-electron chi connectivity index (χ3n) is 8.75. The van der Waals surface area contributed by atoms with E-state index in [2.05, 4.69) is 41.1 Å². The summed E-state index contributed by atoms with van der Waals surface area (Å²) in [4.78, 5) is 28.6. The highest BCUT2D eigenvalue weighted by Gasteiger charge is 2.45. The fourth-order valence-electron chi connectivity index (χ4n) is 6.71. The van der Waals surface area contributed by atoms with E-state index in [1.807, 2.05) is 36.5 Å². The summed E-state index contributed by atoms with van der Waals surface area (Å²) in [6.07, 6.45) is 9.25. The number of nitrogens with two attached hydrogens (primary N) is 1. The molecule has 42 heavy (non-hydrogen) atoms. The smallest absolute Gasteiger partial charge is 0.410 e. The average molecular weight is 571 g/mol. The van der Waals surface area contributed by atoms with Crippen molar-refractivity contribution in [3.8, 4) is 22.6 Å². The number of hydrogen-bond donors (Lipinski definition) is 1. The Hall–Kier alpha value is -4.02. The maximum atomic E-state index is 12.9. The van der Waals surface area contributed by atoms with Crippen LogP contribution in [0.2, 0.25) is 0 Å². The molecule has 0 radical (unpaired) electrons. The monoisotopic (exact) mass is 570 g/mol. The van der Waals surface area contributed by atoms with E-state index in [9.17, 15) is 4.79 Å². The molecule has 6 heterocycles. The van der Waals surface area contributed by atoms with Crippen molar-refractivity contribution in [3.05, 3.63) is 36.0 Å². The first-order chi connectivity index (χ1) is 20.1. The molecule has 1 amide bonds. The molecule has 1 saturated carbocycles. The lowest BCUT2D eigenvalue weighted by Crippen LogP contribution is -2.48. The van der Waals surface area contributed by atoms with Crippen LogP contribution in [0.3, 0.4) is 0 Å². The van der Waals surface area contributed by atoms with Gasteiger partial charge >= 0.3 is 6.09 Å². The zero-order chi connectivity index (χ0) is 29.3. The topological polar surface area (TPSA) is 138 Å². The van der Waals surface area contributed by atoms with Gasteiger partial charge in [0, 0.05) is 30.2 Å². The number of anilines is 1. The molecule has 2 unspecified atom stereocenters. The van der Waals surface area contributed by atoms with E-state index in [0.717, 1.165) is 55.5 Å². The number of carbonyl (C=O) groups excluding carboxylic acids is 1. The Balaban J connectivity index is 1.21. The zero-order valence-electron chi connectivity index (χ0n) is 24.9. The lowest BCUT2D eigenvalue weighted by atomic mass is 9.85. The fourth-order valence-corrected chi connectivity index (χ4v) is 6.71. The van der Waals surface area contributed by atoms with Crippen molar-refractivity contribution in [3.63, 3.8) is 0 Å². The first kappa shape index (κ1) is 26.9. The van der Waals surface area contributed by atoms with Gasteiger partial charge in [-0.25, -0.2) is 19.4 Å². The Bertz CT molecular complexity index is 1630. The van der Waals surface area contributed by atoms with Crippen LogP contribution in [0.15, 0.2) is 29.2 Å². The summed E-state index contributed by atoms with van der Waals surface area (Å²) in [7, 11) is 0. The minimum atomic E-state index is -0.495. The quantitative estimate of drug-likeness (QED) is 0.296. The molecule has 11 nitrogen and oxygen atoms in total. The van der Waals surface area contributed by atoms with Gasteiger partial charge in [0.05, 0.1) is 16.6 Å². The van der Waals surface area contributed by atoms with E-state index in [1.165, 1.54) is 11.9 Å². The van der Waals surface area contributed by atoms with Gasteiger partial charge in [0.2, 0.25) is 0 Å². The molecule has 3 aliphatic rings. The van der Waals surface area contributed by atoms with Crippen LogP contribution in [0.1, 0.15) is 102 Å². The summed E-state index contributed by atoms with van der Waals surface area (Å²) in [6.45, 7) is 9.87. The molecule has 2 saturated heterocycles. The standard InChI is InChI=1S/C31H38N8O3/c1-16(2)39-29-24(28(32)34-15-35-29)25(36-39)26-23(27(42-37-26)17-6-7-17)22-11-8-18(14-33-22)19-12-20-9-10-21(13-19)38(20)30(40)41-31(3,4)5/h8,11,14-17,19-21H,6-7,9-10,12-13H2,1-5H3,(H2,32,34,35). The number of nitrogens with zero attached hydrogens (tertiary/aromatic N) is 7. The third-order valence-corrected chi connectivity index (χ3v) is 8.75. The molecule has 4 aromatic rings. The van der Waals surface area contributed by atoms with E-state index in [-0.39, 0.29) is 24.2 Å². The van der Waals surface area contributed by atoms with E-state index >= 15 is 0 Å². The molecule has 2 aliphatic heterocycles. The lowest BCUT2D eigenvalue weighted by Gasteiger charge is -2.39. The van der Waals surface area contributed by atoms with E-state index in [1.54, 1.807) is 0 Å². The number of piperidine rings is 1. The summed E-state index contributed by atoms with van der Waals surface area (Å²) >= 11 is 0. The second-order valence-electron chi connectivity index (χ2n) is 13.3. The first-order valence-corrected chi connectivity index (χ1v) is 15.0. The highest BCUT2D eigenvalue weighted by atomic mass is 16.6. The van der Waals surface area contributed by atoms with Gasteiger partial charge < -0.3 is 19.9 Å². The summed E-state index contributed by atoms with van der Waals surface area (Å²) in [5.41, 5.74) is 10.6. The molecule has 4 aromatic heterocycles.